The molecule has 118 valence electrons. The summed E-state index contributed by atoms with van der Waals surface area (Å²) in [6.45, 7) is 5.76. The van der Waals surface area contributed by atoms with Gasteiger partial charge in [0, 0.05) is 6.61 Å². The highest BCUT2D eigenvalue weighted by Gasteiger charge is 2.47. The quantitative estimate of drug-likeness (QED) is 0.400. The van der Waals surface area contributed by atoms with Gasteiger partial charge in [-0.2, -0.15) is 0 Å². The zero-order valence-corrected chi connectivity index (χ0v) is 12.4. The second-order valence-electron chi connectivity index (χ2n) is 4.98. The van der Waals surface area contributed by atoms with Crippen LogP contribution < -0.4 is 5.73 Å². The molecule has 0 bridgehead atoms. The van der Waals surface area contributed by atoms with E-state index in [9.17, 15) is 4.79 Å². The molecule has 2 N–H and O–H groups in total. The molecular weight excluding hydrogens is 262 g/mol. The van der Waals surface area contributed by atoms with Gasteiger partial charge in [0.05, 0.1) is 33.0 Å². The number of hydrogen-bond donors (Lipinski definition) is 1. The first-order valence-corrected chi connectivity index (χ1v) is 7.38. The van der Waals surface area contributed by atoms with E-state index in [1.54, 1.807) is 0 Å². The molecule has 0 aromatic heterocycles. The molecule has 0 saturated heterocycles. The predicted molar refractivity (Wildman–Crippen MR) is 74.5 cm³/mol. The Kier molecular flexibility index (Phi) is 8.77. The number of nitrogens with two attached hydrogens (primary N) is 1. The van der Waals surface area contributed by atoms with Crippen molar-refractivity contribution in [3.8, 4) is 0 Å². The third kappa shape index (κ3) is 7.79. The Morgan fingerprint density at radius 2 is 1.45 bits per heavy atom. The van der Waals surface area contributed by atoms with Crippen molar-refractivity contribution in [1.82, 2.24) is 0 Å². The Hall–Kier alpha value is -0.690. The van der Waals surface area contributed by atoms with Gasteiger partial charge in [-0.1, -0.05) is 13.3 Å². The summed E-state index contributed by atoms with van der Waals surface area (Å²) in [5, 5.41) is 0. The smallest absolute Gasteiger partial charge is 0.326 e. The first kappa shape index (κ1) is 17.4. The standard InChI is InChI=1S/C14H27NO5/c1-2-3-6-17-7-8-18-9-10-19-11-12-20-13(16)14(15)4-5-14/h2-12,15H2,1H3. The van der Waals surface area contributed by atoms with Crippen LogP contribution in [-0.2, 0) is 23.7 Å². The molecule has 0 radical (unpaired) electrons. The highest BCUT2D eigenvalue weighted by atomic mass is 16.6. The second kappa shape index (κ2) is 10.1. The first-order chi connectivity index (χ1) is 9.69. The lowest BCUT2D eigenvalue weighted by Crippen LogP contribution is -2.35. The summed E-state index contributed by atoms with van der Waals surface area (Å²) < 4.78 is 21.0. The average Bonchev–Trinajstić information content (AvgIpc) is 3.19. The topological polar surface area (TPSA) is 80.0 Å². The van der Waals surface area contributed by atoms with Crippen molar-refractivity contribution < 1.29 is 23.7 Å². The van der Waals surface area contributed by atoms with E-state index in [-0.39, 0.29) is 12.6 Å². The molecule has 6 heteroatoms. The van der Waals surface area contributed by atoms with Crippen LogP contribution in [0.5, 0.6) is 0 Å². The van der Waals surface area contributed by atoms with Crippen LogP contribution in [0.1, 0.15) is 32.6 Å². The number of ether oxygens (including phenoxy) is 4. The van der Waals surface area contributed by atoms with Gasteiger partial charge in [-0.3, -0.25) is 4.79 Å². The molecular formula is C14H27NO5. The molecule has 0 aromatic carbocycles. The summed E-state index contributed by atoms with van der Waals surface area (Å²) in [7, 11) is 0. The van der Waals surface area contributed by atoms with Crippen molar-refractivity contribution in [2.75, 3.05) is 46.2 Å². The number of esters is 1. The number of carbonyl (C=O) groups excluding carboxylic acids is 1. The third-order valence-corrected chi connectivity index (χ3v) is 3.04. The molecule has 1 saturated carbocycles. The van der Waals surface area contributed by atoms with E-state index in [1.807, 2.05) is 0 Å². The van der Waals surface area contributed by atoms with Crippen molar-refractivity contribution in [1.29, 1.82) is 0 Å². The maximum atomic E-state index is 11.4. The predicted octanol–water partition coefficient (Wildman–Crippen LogP) is 0.871. The van der Waals surface area contributed by atoms with Crippen molar-refractivity contribution in [3.63, 3.8) is 0 Å². The summed E-state index contributed by atoms with van der Waals surface area (Å²) >= 11 is 0. The largest absolute Gasteiger partial charge is 0.462 e. The van der Waals surface area contributed by atoms with Gasteiger partial charge in [-0.05, 0) is 19.3 Å². The number of hydrogen-bond acceptors (Lipinski definition) is 6. The van der Waals surface area contributed by atoms with Crippen LogP contribution in [-0.4, -0.2) is 57.8 Å². The van der Waals surface area contributed by atoms with Crippen molar-refractivity contribution in [2.45, 2.75) is 38.1 Å². The second-order valence-corrected chi connectivity index (χ2v) is 4.98. The van der Waals surface area contributed by atoms with E-state index in [1.165, 1.54) is 0 Å². The fourth-order valence-electron chi connectivity index (χ4n) is 1.46. The molecule has 6 nitrogen and oxygen atoms in total. The normalized spacial score (nSPS) is 16.1. The number of rotatable bonds is 13. The fraction of sp³-hybridized carbons (Fsp3) is 0.929. The molecule has 0 aliphatic heterocycles. The molecule has 1 rings (SSSR count). The van der Waals surface area contributed by atoms with Crippen LogP contribution in [0.25, 0.3) is 0 Å². The van der Waals surface area contributed by atoms with E-state index >= 15 is 0 Å². The Balaban J connectivity index is 1.73. The monoisotopic (exact) mass is 289 g/mol. The molecule has 1 fully saturated rings. The summed E-state index contributed by atoms with van der Waals surface area (Å²) in [5.41, 5.74) is 4.97. The van der Waals surface area contributed by atoms with Gasteiger partial charge < -0.3 is 24.7 Å². The van der Waals surface area contributed by atoms with E-state index in [4.69, 9.17) is 24.7 Å². The minimum atomic E-state index is -0.707. The summed E-state index contributed by atoms with van der Waals surface area (Å²) in [6, 6.07) is 0. The lowest BCUT2D eigenvalue weighted by Gasteiger charge is -2.09. The first-order valence-electron chi connectivity index (χ1n) is 7.38. The molecule has 0 aromatic rings. The molecule has 0 amide bonds. The van der Waals surface area contributed by atoms with Gasteiger partial charge in [-0.15, -0.1) is 0 Å². The van der Waals surface area contributed by atoms with Crippen molar-refractivity contribution in [3.05, 3.63) is 0 Å². The highest BCUT2D eigenvalue weighted by molar-refractivity contribution is 5.83. The van der Waals surface area contributed by atoms with E-state index in [2.05, 4.69) is 6.92 Å². The Morgan fingerprint density at radius 3 is 1.95 bits per heavy atom. The molecule has 0 spiro atoms. The van der Waals surface area contributed by atoms with Crippen LogP contribution in [0.3, 0.4) is 0 Å². The minimum absolute atomic E-state index is 0.248. The molecule has 0 heterocycles. The van der Waals surface area contributed by atoms with Crippen LogP contribution >= 0.6 is 0 Å². The maximum absolute atomic E-state index is 11.4. The van der Waals surface area contributed by atoms with E-state index in [0.29, 0.717) is 33.0 Å². The Bertz CT molecular complexity index is 268. The Morgan fingerprint density at radius 1 is 0.950 bits per heavy atom. The molecule has 0 unspecified atom stereocenters. The highest BCUT2D eigenvalue weighted by Crippen LogP contribution is 2.33. The third-order valence-electron chi connectivity index (χ3n) is 3.04. The van der Waals surface area contributed by atoms with Crippen molar-refractivity contribution in [2.24, 2.45) is 5.73 Å². The van der Waals surface area contributed by atoms with Gasteiger partial charge >= 0.3 is 5.97 Å². The average molecular weight is 289 g/mol. The van der Waals surface area contributed by atoms with Gasteiger partial charge in [-0.25, -0.2) is 0 Å². The van der Waals surface area contributed by atoms with Crippen LogP contribution in [0, 0.1) is 0 Å². The van der Waals surface area contributed by atoms with E-state index < -0.39 is 5.54 Å². The molecule has 20 heavy (non-hydrogen) atoms. The Labute approximate surface area is 120 Å². The number of unbranched alkanes of at least 4 members (excludes halogenated alkanes) is 1. The van der Waals surface area contributed by atoms with Crippen LogP contribution in [0.4, 0.5) is 0 Å². The maximum Gasteiger partial charge on any atom is 0.326 e. The van der Waals surface area contributed by atoms with Gasteiger partial charge in [0.15, 0.2) is 0 Å². The minimum Gasteiger partial charge on any atom is -0.462 e. The molecule has 0 atom stereocenters. The van der Waals surface area contributed by atoms with Crippen LogP contribution in [0.15, 0.2) is 0 Å². The summed E-state index contributed by atoms with van der Waals surface area (Å²) in [5.74, 6) is -0.318. The zero-order valence-electron chi connectivity index (χ0n) is 12.4. The van der Waals surface area contributed by atoms with Gasteiger partial charge in [0.2, 0.25) is 0 Å². The van der Waals surface area contributed by atoms with Gasteiger partial charge in [0.25, 0.3) is 0 Å². The van der Waals surface area contributed by atoms with E-state index in [0.717, 1.165) is 32.3 Å². The lowest BCUT2D eigenvalue weighted by atomic mass is 10.3. The fourth-order valence-corrected chi connectivity index (χ4v) is 1.46. The number of carbonyl (C=O) groups is 1. The lowest BCUT2D eigenvalue weighted by molar-refractivity contribution is -0.148. The van der Waals surface area contributed by atoms with Gasteiger partial charge in [0.1, 0.15) is 12.1 Å². The molecule has 1 aliphatic carbocycles. The molecule has 1 aliphatic rings. The summed E-state index contributed by atoms with van der Waals surface area (Å²) in [6.07, 6.45) is 3.68. The van der Waals surface area contributed by atoms with Crippen molar-refractivity contribution >= 4 is 5.97 Å². The van der Waals surface area contributed by atoms with Crippen LogP contribution in [0.2, 0.25) is 0 Å². The zero-order chi connectivity index (χ0) is 14.7. The summed E-state index contributed by atoms with van der Waals surface area (Å²) in [4.78, 5) is 11.4. The SMILES string of the molecule is CCCCOCCOCCOCCOC(=O)C1(N)CC1.